The highest BCUT2D eigenvalue weighted by Gasteiger charge is 2.46. The van der Waals surface area contributed by atoms with Gasteiger partial charge in [0.1, 0.15) is 7.05 Å². The zero-order chi connectivity index (χ0) is 22.0. The van der Waals surface area contributed by atoms with Gasteiger partial charge in [0.05, 0.1) is 10.8 Å². The Morgan fingerprint density at radius 1 is 0.935 bits per heavy atom. The third-order valence-corrected chi connectivity index (χ3v) is 6.77. The van der Waals surface area contributed by atoms with E-state index < -0.39 is 0 Å². The highest BCUT2D eigenvalue weighted by molar-refractivity contribution is 6.09. The van der Waals surface area contributed by atoms with E-state index in [1.807, 2.05) is 6.08 Å². The fourth-order valence-electron chi connectivity index (χ4n) is 5.05. The Morgan fingerprint density at radius 3 is 2.32 bits per heavy atom. The second kappa shape index (κ2) is 8.55. The molecule has 0 saturated heterocycles. The first kappa shape index (κ1) is 21.1. The lowest BCUT2D eigenvalue weighted by Gasteiger charge is -2.21. The first-order valence-corrected chi connectivity index (χ1v) is 11.3. The molecule has 1 unspecified atom stereocenters. The molecule has 3 aromatic rings. The molecule has 0 saturated carbocycles. The van der Waals surface area contributed by atoms with Gasteiger partial charge in [-0.15, -0.1) is 6.58 Å². The van der Waals surface area contributed by atoms with Crippen LogP contribution in [0.15, 0.2) is 79.4 Å². The van der Waals surface area contributed by atoms with Gasteiger partial charge in [-0.1, -0.05) is 48.5 Å². The number of rotatable bonds is 7. The van der Waals surface area contributed by atoms with Crippen molar-refractivity contribution in [2.45, 2.75) is 32.6 Å². The van der Waals surface area contributed by atoms with Crippen molar-refractivity contribution in [2.24, 2.45) is 0 Å². The molecule has 0 bridgehead atoms. The molecule has 1 aliphatic heterocycles. The Bertz CT molecular complexity index is 1160. The van der Waals surface area contributed by atoms with E-state index in [0.29, 0.717) is 0 Å². The summed E-state index contributed by atoms with van der Waals surface area (Å²) in [6, 6.07) is 22.1. The summed E-state index contributed by atoms with van der Waals surface area (Å²) >= 11 is 0. The third-order valence-electron chi connectivity index (χ3n) is 6.77. The molecule has 1 aliphatic rings. The first-order valence-electron chi connectivity index (χ1n) is 11.3. The van der Waals surface area contributed by atoms with E-state index in [0.717, 1.165) is 19.5 Å². The van der Waals surface area contributed by atoms with E-state index in [2.05, 4.69) is 117 Å². The molecule has 4 rings (SSSR count). The quantitative estimate of drug-likeness (QED) is 0.302. The Labute approximate surface area is 186 Å². The second-order valence-electron chi connectivity index (χ2n) is 8.55. The van der Waals surface area contributed by atoms with Crippen LogP contribution in [-0.2, 0) is 5.41 Å². The Kier molecular flexibility index (Phi) is 5.82. The largest absolute Gasteiger partial charge is 0.372 e. The van der Waals surface area contributed by atoms with Crippen LogP contribution in [0, 0.1) is 0 Å². The molecule has 1 heterocycles. The fraction of sp³-hybridized carbons (Fsp3) is 0.276. The van der Waals surface area contributed by atoms with Gasteiger partial charge in [-0.2, -0.15) is 4.58 Å². The Morgan fingerprint density at radius 2 is 1.65 bits per heavy atom. The number of hydrogen-bond donors (Lipinski definition) is 0. The minimum atomic E-state index is -0.0898. The molecular weight excluding hydrogens is 376 g/mol. The average molecular weight is 410 g/mol. The summed E-state index contributed by atoms with van der Waals surface area (Å²) in [5.41, 5.74) is 6.42. The predicted molar refractivity (Wildman–Crippen MR) is 136 cm³/mol. The van der Waals surface area contributed by atoms with Crippen LogP contribution in [0.5, 0.6) is 0 Å². The summed E-state index contributed by atoms with van der Waals surface area (Å²) in [5, 5.41) is 2.59. The molecule has 0 aliphatic carbocycles. The van der Waals surface area contributed by atoms with Gasteiger partial charge in [0.25, 0.3) is 0 Å². The highest BCUT2D eigenvalue weighted by atomic mass is 15.1. The molecule has 0 amide bonds. The molecular formula is C29H33N2+. The molecule has 158 valence electrons. The maximum Gasteiger partial charge on any atom is 0.217 e. The van der Waals surface area contributed by atoms with Gasteiger partial charge in [-0.3, -0.25) is 0 Å². The van der Waals surface area contributed by atoms with Crippen molar-refractivity contribution in [1.29, 1.82) is 0 Å². The standard InChI is InChI=1S/C29H33N2/c1-6-21-29(4)26-19-16-23-11-9-10-12-25(23)28(26)30(5)27(29)20-15-22-13-17-24(18-14-22)31(7-2)8-3/h6,9-20H,1,7-8,21H2,2-5H3/q+1. The summed E-state index contributed by atoms with van der Waals surface area (Å²) < 4.78 is 2.38. The van der Waals surface area contributed by atoms with Crippen molar-refractivity contribution >= 4 is 33.9 Å². The number of hydrogen-bond acceptors (Lipinski definition) is 1. The van der Waals surface area contributed by atoms with E-state index in [4.69, 9.17) is 0 Å². The van der Waals surface area contributed by atoms with E-state index >= 15 is 0 Å². The number of nitrogens with zero attached hydrogens (tertiary/aromatic N) is 2. The van der Waals surface area contributed by atoms with Gasteiger partial charge in [0.15, 0.2) is 5.71 Å². The summed E-state index contributed by atoms with van der Waals surface area (Å²) in [4.78, 5) is 2.37. The zero-order valence-electron chi connectivity index (χ0n) is 19.2. The molecule has 3 aromatic carbocycles. The van der Waals surface area contributed by atoms with Crippen molar-refractivity contribution in [1.82, 2.24) is 0 Å². The Hall–Kier alpha value is -3.13. The molecule has 0 spiro atoms. The molecule has 0 radical (unpaired) electrons. The molecule has 0 N–H and O–H groups in total. The topological polar surface area (TPSA) is 6.25 Å². The van der Waals surface area contributed by atoms with Gasteiger partial charge < -0.3 is 4.90 Å². The van der Waals surface area contributed by atoms with Crippen molar-refractivity contribution in [2.75, 3.05) is 25.0 Å². The summed E-state index contributed by atoms with van der Waals surface area (Å²) in [5.74, 6) is 0. The molecule has 0 aromatic heterocycles. The third kappa shape index (κ3) is 3.61. The maximum atomic E-state index is 4.06. The van der Waals surface area contributed by atoms with Gasteiger partial charge in [0.2, 0.25) is 5.69 Å². The Balaban J connectivity index is 1.76. The highest BCUT2D eigenvalue weighted by Crippen LogP contribution is 2.45. The normalized spacial score (nSPS) is 18.1. The van der Waals surface area contributed by atoms with Gasteiger partial charge in [-0.25, -0.2) is 0 Å². The van der Waals surface area contributed by atoms with Crippen molar-refractivity contribution < 1.29 is 4.58 Å². The lowest BCUT2D eigenvalue weighted by molar-refractivity contribution is -0.399. The monoisotopic (exact) mass is 409 g/mol. The molecule has 1 atom stereocenters. The molecule has 0 fully saturated rings. The first-order chi connectivity index (χ1) is 15.0. The zero-order valence-corrected chi connectivity index (χ0v) is 19.2. The molecule has 2 nitrogen and oxygen atoms in total. The molecule has 31 heavy (non-hydrogen) atoms. The van der Waals surface area contributed by atoms with Crippen LogP contribution < -0.4 is 4.90 Å². The van der Waals surface area contributed by atoms with Gasteiger partial charge in [-0.05, 0) is 62.4 Å². The van der Waals surface area contributed by atoms with Crippen LogP contribution in [0.3, 0.4) is 0 Å². The van der Waals surface area contributed by atoms with Crippen LogP contribution in [-0.4, -0.2) is 30.4 Å². The predicted octanol–water partition coefficient (Wildman–Crippen LogP) is 6.96. The fourth-order valence-corrected chi connectivity index (χ4v) is 5.05. The molecule has 2 heteroatoms. The van der Waals surface area contributed by atoms with Crippen molar-refractivity contribution in [3.63, 3.8) is 0 Å². The van der Waals surface area contributed by atoms with Crippen LogP contribution in [0.25, 0.3) is 16.8 Å². The van der Waals surface area contributed by atoms with Crippen molar-refractivity contribution in [3.05, 3.63) is 90.5 Å². The second-order valence-corrected chi connectivity index (χ2v) is 8.55. The summed E-state index contributed by atoms with van der Waals surface area (Å²) in [7, 11) is 2.20. The van der Waals surface area contributed by atoms with Crippen LogP contribution in [0.2, 0.25) is 0 Å². The van der Waals surface area contributed by atoms with E-state index in [1.54, 1.807) is 0 Å². The van der Waals surface area contributed by atoms with E-state index in [9.17, 15) is 0 Å². The number of benzene rings is 3. The van der Waals surface area contributed by atoms with E-state index in [-0.39, 0.29) is 5.41 Å². The number of fused-ring (bicyclic) bond motifs is 3. The van der Waals surface area contributed by atoms with Gasteiger partial charge >= 0.3 is 0 Å². The van der Waals surface area contributed by atoms with Gasteiger partial charge in [0, 0.05) is 30.4 Å². The smallest absolute Gasteiger partial charge is 0.217 e. The minimum Gasteiger partial charge on any atom is -0.372 e. The van der Waals surface area contributed by atoms with Crippen LogP contribution in [0.4, 0.5) is 11.4 Å². The van der Waals surface area contributed by atoms with Crippen LogP contribution in [0.1, 0.15) is 38.3 Å². The number of anilines is 1. The van der Waals surface area contributed by atoms with Crippen LogP contribution >= 0.6 is 0 Å². The summed E-state index contributed by atoms with van der Waals surface area (Å²) in [6.07, 6.45) is 7.49. The average Bonchev–Trinajstić information content (AvgIpc) is 3.01. The SMILES string of the molecule is C=CCC1(C)C(C=Cc2ccc(N(CC)CC)cc2)=[N+](C)c2c1ccc1ccccc21. The number of allylic oxidation sites excluding steroid dienone is 2. The lowest BCUT2D eigenvalue weighted by Crippen LogP contribution is -2.29. The van der Waals surface area contributed by atoms with E-state index in [1.165, 1.54) is 39.0 Å². The maximum absolute atomic E-state index is 4.06. The lowest BCUT2D eigenvalue weighted by atomic mass is 9.76. The minimum absolute atomic E-state index is 0.0898. The summed E-state index contributed by atoms with van der Waals surface area (Å²) in [6.45, 7) is 12.9. The van der Waals surface area contributed by atoms with Crippen molar-refractivity contribution in [3.8, 4) is 0 Å².